The molecule has 0 spiro atoms. The number of halogens is 1. The predicted octanol–water partition coefficient (Wildman–Crippen LogP) is 4.41. The van der Waals surface area contributed by atoms with Gasteiger partial charge in [-0.05, 0) is 37.3 Å². The van der Waals surface area contributed by atoms with E-state index in [9.17, 15) is 9.59 Å². The molecule has 8 heteroatoms. The maximum atomic E-state index is 12.4. The molecule has 1 atom stereocenters. The van der Waals surface area contributed by atoms with Crippen LogP contribution in [0.5, 0.6) is 0 Å². The molecule has 0 fully saturated rings. The lowest BCUT2D eigenvalue weighted by molar-refractivity contribution is 0.0245. The summed E-state index contributed by atoms with van der Waals surface area (Å²) in [6.07, 6.45) is -0.830. The maximum absolute atomic E-state index is 12.4. The molecule has 0 aliphatic rings. The van der Waals surface area contributed by atoms with Gasteiger partial charge in [-0.15, -0.1) is 10.2 Å². The van der Waals surface area contributed by atoms with Crippen LogP contribution in [0.15, 0.2) is 68.2 Å². The van der Waals surface area contributed by atoms with Crippen molar-refractivity contribution in [3.8, 4) is 11.5 Å². The van der Waals surface area contributed by atoms with E-state index < -0.39 is 17.5 Å². The van der Waals surface area contributed by atoms with E-state index in [0.717, 1.165) is 11.6 Å². The molecular formula is C20H13ClN2O5. The van der Waals surface area contributed by atoms with Gasteiger partial charge >= 0.3 is 5.97 Å². The molecule has 140 valence electrons. The van der Waals surface area contributed by atoms with E-state index in [2.05, 4.69) is 10.2 Å². The lowest BCUT2D eigenvalue weighted by Crippen LogP contribution is -2.12. The number of esters is 1. The van der Waals surface area contributed by atoms with Gasteiger partial charge in [-0.25, -0.2) is 4.79 Å². The third kappa shape index (κ3) is 3.52. The second-order valence-electron chi connectivity index (χ2n) is 5.97. The minimum absolute atomic E-state index is 0.127. The maximum Gasteiger partial charge on any atom is 0.375 e. The Morgan fingerprint density at radius 2 is 1.86 bits per heavy atom. The fourth-order valence-electron chi connectivity index (χ4n) is 2.59. The van der Waals surface area contributed by atoms with Crippen LogP contribution >= 0.6 is 11.6 Å². The number of carbonyl (C=O) groups excluding carboxylic acids is 1. The van der Waals surface area contributed by atoms with Gasteiger partial charge in [-0.2, -0.15) is 0 Å². The van der Waals surface area contributed by atoms with E-state index in [0.29, 0.717) is 10.9 Å². The van der Waals surface area contributed by atoms with Gasteiger partial charge in [0.25, 0.3) is 5.89 Å². The minimum Gasteiger partial charge on any atom is -0.449 e. The van der Waals surface area contributed by atoms with Crippen LogP contribution in [0.2, 0.25) is 5.02 Å². The largest absolute Gasteiger partial charge is 0.449 e. The molecule has 0 aliphatic carbocycles. The number of fused-ring (bicyclic) bond motifs is 1. The average molecular weight is 397 g/mol. The molecule has 2 heterocycles. The van der Waals surface area contributed by atoms with Gasteiger partial charge in [-0.1, -0.05) is 29.8 Å². The number of aromatic nitrogens is 2. The topological polar surface area (TPSA) is 95.4 Å². The average Bonchev–Trinajstić information content (AvgIpc) is 3.19. The Bertz CT molecular complexity index is 1220. The Labute approximate surface area is 163 Å². The van der Waals surface area contributed by atoms with Crippen LogP contribution in [-0.2, 0) is 4.74 Å². The SMILES string of the molecule is C[C@@H](OC(=O)c1cc(=O)c2cc(Cl)ccc2o1)c1nnc(-c2ccccc2)o1. The molecule has 0 N–H and O–H groups in total. The molecule has 0 bridgehead atoms. The molecule has 0 saturated heterocycles. The Hall–Kier alpha value is -3.45. The van der Waals surface area contributed by atoms with Gasteiger partial charge in [-0.3, -0.25) is 4.79 Å². The highest BCUT2D eigenvalue weighted by Crippen LogP contribution is 2.23. The van der Waals surface area contributed by atoms with E-state index >= 15 is 0 Å². The van der Waals surface area contributed by atoms with E-state index in [-0.39, 0.29) is 22.6 Å². The van der Waals surface area contributed by atoms with Crippen molar-refractivity contribution in [3.05, 3.63) is 81.5 Å². The summed E-state index contributed by atoms with van der Waals surface area (Å²) < 4.78 is 16.3. The van der Waals surface area contributed by atoms with E-state index in [4.69, 9.17) is 25.2 Å². The van der Waals surface area contributed by atoms with Crippen LogP contribution in [0.3, 0.4) is 0 Å². The van der Waals surface area contributed by atoms with Crippen LogP contribution in [0.4, 0.5) is 0 Å². The molecule has 28 heavy (non-hydrogen) atoms. The number of ether oxygens (including phenoxy) is 1. The summed E-state index contributed by atoms with van der Waals surface area (Å²) in [5, 5.41) is 8.55. The van der Waals surface area contributed by atoms with Crippen molar-refractivity contribution in [1.82, 2.24) is 10.2 Å². The number of benzene rings is 2. The summed E-state index contributed by atoms with van der Waals surface area (Å²) in [7, 11) is 0. The zero-order valence-electron chi connectivity index (χ0n) is 14.6. The molecule has 0 aliphatic heterocycles. The van der Waals surface area contributed by atoms with Crippen LogP contribution in [0.25, 0.3) is 22.4 Å². The van der Waals surface area contributed by atoms with Crippen molar-refractivity contribution >= 4 is 28.5 Å². The molecule has 0 saturated carbocycles. The molecule has 7 nitrogen and oxygen atoms in total. The highest BCUT2D eigenvalue weighted by atomic mass is 35.5. The van der Waals surface area contributed by atoms with Crippen molar-refractivity contribution in [3.63, 3.8) is 0 Å². The number of hydrogen-bond donors (Lipinski definition) is 0. The standard InChI is InChI=1S/C20H13ClN2O5/c1-11(18-22-23-19(28-18)12-5-3-2-4-6-12)26-20(25)17-10-15(24)14-9-13(21)7-8-16(14)27-17/h2-11H,1H3/t11-/m1/s1. The lowest BCUT2D eigenvalue weighted by atomic mass is 10.2. The van der Waals surface area contributed by atoms with Gasteiger partial charge in [0.05, 0.1) is 5.39 Å². The summed E-state index contributed by atoms with van der Waals surface area (Å²) in [6, 6.07) is 14.8. The van der Waals surface area contributed by atoms with Gasteiger partial charge in [0.1, 0.15) is 5.58 Å². The molecule has 0 unspecified atom stereocenters. The van der Waals surface area contributed by atoms with Crippen molar-refractivity contribution in [2.45, 2.75) is 13.0 Å². The molecule has 4 rings (SSSR count). The molecule has 0 radical (unpaired) electrons. The number of rotatable bonds is 4. The van der Waals surface area contributed by atoms with Gasteiger partial charge in [0.2, 0.25) is 11.7 Å². The summed E-state index contributed by atoms with van der Waals surface area (Å²) in [5.74, 6) is -0.606. The highest BCUT2D eigenvalue weighted by molar-refractivity contribution is 6.31. The normalized spacial score (nSPS) is 12.1. The first kappa shape index (κ1) is 17.9. The van der Waals surface area contributed by atoms with Crippen molar-refractivity contribution in [2.24, 2.45) is 0 Å². The van der Waals surface area contributed by atoms with E-state index in [1.165, 1.54) is 12.1 Å². The number of nitrogens with zero attached hydrogens (tertiary/aromatic N) is 2. The summed E-state index contributed by atoms with van der Waals surface area (Å²) in [5.41, 5.74) is 0.590. The van der Waals surface area contributed by atoms with Crippen LogP contribution in [0.1, 0.15) is 29.5 Å². The highest BCUT2D eigenvalue weighted by Gasteiger charge is 2.22. The quantitative estimate of drug-likeness (QED) is 0.471. The van der Waals surface area contributed by atoms with E-state index in [1.807, 2.05) is 30.3 Å². The van der Waals surface area contributed by atoms with E-state index in [1.54, 1.807) is 13.0 Å². The minimum atomic E-state index is -0.830. The molecule has 2 aromatic carbocycles. The van der Waals surface area contributed by atoms with Gasteiger partial charge < -0.3 is 13.6 Å². The monoisotopic (exact) mass is 396 g/mol. The fraction of sp³-hybridized carbons (Fsp3) is 0.100. The number of hydrogen-bond acceptors (Lipinski definition) is 7. The van der Waals surface area contributed by atoms with Crippen molar-refractivity contribution < 1.29 is 18.4 Å². The van der Waals surface area contributed by atoms with Crippen LogP contribution in [0, 0.1) is 0 Å². The third-order valence-corrected chi connectivity index (χ3v) is 4.22. The Morgan fingerprint density at radius 1 is 1.07 bits per heavy atom. The molecule has 2 aromatic heterocycles. The Kier molecular flexibility index (Phi) is 4.67. The second kappa shape index (κ2) is 7.28. The van der Waals surface area contributed by atoms with Gasteiger partial charge in [0, 0.05) is 16.7 Å². The van der Waals surface area contributed by atoms with Crippen molar-refractivity contribution in [1.29, 1.82) is 0 Å². The first-order valence-corrected chi connectivity index (χ1v) is 8.72. The third-order valence-electron chi connectivity index (χ3n) is 3.98. The molecule has 0 amide bonds. The summed E-state index contributed by atoms with van der Waals surface area (Å²) in [4.78, 5) is 24.6. The fourth-order valence-corrected chi connectivity index (χ4v) is 2.77. The van der Waals surface area contributed by atoms with Crippen LogP contribution in [-0.4, -0.2) is 16.2 Å². The first-order chi connectivity index (χ1) is 13.5. The predicted molar refractivity (Wildman–Crippen MR) is 101 cm³/mol. The molecular weight excluding hydrogens is 384 g/mol. The Morgan fingerprint density at radius 3 is 2.64 bits per heavy atom. The second-order valence-corrected chi connectivity index (χ2v) is 6.41. The van der Waals surface area contributed by atoms with Crippen molar-refractivity contribution in [2.75, 3.05) is 0 Å². The molecule has 4 aromatic rings. The number of carbonyl (C=O) groups is 1. The summed E-state index contributed by atoms with van der Waals surface area (Å²) in [6.45, 7) is 1.58. The first-order valence-electron chi connectivity index (χ1n) is 8.34. The zero-order chi connectivity index (χ0) is 19.7. The van der Waals surface area contributed by atoms with Crippen LogP contribution < -0.4 is 5.43 Å². The Balaban J connectivity index is 1.55. The summed E-state index contributed by atoms with van der Waals surface area (Å²) >= 11 is 5.88. The van der Waals surface area contributed by atoms with Gasteiger partial charge in [0.15, 0.2) is 11.5 Å². The smallest absolute Gasteiger partial charge is 0.375 e. The lowest BCUT2D eigenvalue weighted by Gasteiger charge is -2.09. The zero-order valence-corrected chi connectivity index (χ0v) is 15.3.